The van der Waals surface area contributed by atoms with Crippen molar-refractivity contribution < 1.29 is 9.53 Å². The van der Waals surface area contributed by atoms with Crippen LogP contribution in [0.2, 0.25) is 0 Å². The number of ether oxygens (including phenoxy) is 1. The summed E-state index contributed by atoms with van der Waals surface area (Å²) in [6.45, 7) is 3.34. The summed E-state index contributed by atoms with van der Waals surface area (Å²) in [7, 11) is 1.81. The van der Waals surface area contributed by atoms with Crippen molar-refractivity contribution >= 4 is 47.6 Å². The second-order valence-corrected chi connectivity index (χ2v) is 10.1. The second kappa shape index (κ2) is 12.9. The Labute approximate surface area is 213 Å². The van der Waals surface area contributed by atoms with Gasteiger partial charge in [-0.1, -0.05) is 18.2 Å². The topological polar surface area (TPSA) is 66.0 Å². The summed E-state index contributed by atoms with van der Waals surface area (Å²) in [5.41, 5.74) is 1.15. The Hall–Kier alpha value is -1.16. The summed E-state index contributed by atoms with van der Waals surface area (Å²) in [6, 6.07) is 8.61. The molecule has 32 heavy (non-hydrogen) atoms. The van der Waals surface area contributed by atoms with Crippen molar-refractivity contribution in [2.24, 2.45) is 16.8 Å². The zero-order valence-corrected chi connectivity index (χ0v) is 22.2. The minimum atomic E-state index is 0. The lowest BCUT2D eigenvalue weighted by molar-refractivity contribution is -0.136. The largest absolute Gasteiger partial charge is 0.493 e. The fourth-order valence-electron chi connectivity index (χ4n) is 4.38. The lowest BCUT2D eigenvalue weighted by Crippen LogP contribution is -2.47. The number of aliphatic imine (C=N–C) groups is 1. The molecule has 6 nitrogen and oxygen atoms in total. The van der Waals surface area contributed by atoms with Gasteiger partial charge in [-0.25, -0.2) is 0 Å². The number of amides is 1. The molecule has 1 heterocycles. The van der Waals surface area contributed by atoms with Crippen molar-refractivity contribution in [1.29, 1.82) is 0 Å². The highest BCUT2D eigenvalue weighted by molar-refractivity contribution is 14.0. The van der Waals surface area contributed by atoms with Gasteiger partial charge in [0.25, 0.3) is 0 Å². The number of guanidine groups is 1. The first-order valence-electron chi connectivity index (χ1n) is 11.8. The minimum absolute atomic E-state index is 0. The Balaban J connectivity index is 0.00000289. The van der Waals surface area contributed by atoms with E-state index in [9.17, 15) is 4.79 Å². The number of benzene rings is 1. The molecular weight excluding hydrogens is 535 g/mol. The maximum absolute atomic E-state index is 12.8. The predicted octanol–water partition coefficient (Wildman–Crippen LogP) is 3.89. The maximum atomic E-state index is 12.8. The number of hydrogen-bond acceptors (Lipinski definition) is 4. The smallest absolute Gasteiger partial charge is 0.225 e. The van der Waals surface area contributed by atoms with Crippen LogP contribution in [0.3, 0.4) is 0 Å². The zero-order chi connectivity index (χ0) is 21.5. The molecule has 3 fully saturated rings. The number of nitrogens with one attached hydrogen (secondary N) is 2. The summed E-state index contributed by atoms with van der Waals surface area (Å²) in [6.07, 6.45) is 6.55. The summed E-state index contributed by atoms with van der Waals surface area (Å²) in [5, 5.41) is 7.01. The van der Waals surface area contributed by atoms with Crippen LogP contribution in [-0.2, 0) is 11.3 Å². The van der Waals surface area contributed by atoms with Crippen LogP contribution in [0.5, 0.6) is 5.75 Å². The van der Waals surface area contributed by atoms with Gasteiger partial charge in [0, 0.05) is 55.7 Å². The van der Waals surface area contributed by atoms with E-state index in [0.29, 0.717) is 18.5 Å². The first kappa shape index (κ1) is 25.5. The van der Waals surface area contributed by atoms with Gasteiger partial charge in [0.1, 0.15) is 5.75 Å². The predicted molar refractivity (Wildman–Crippen MR) is 143 cm³/mol. The molecule has 2 N–H and O–H groups in total. The molecule has 0 atom stereocenters. The molecule has 2 aliphatic carbocycles. The van der Waals surface area contributed by atoms with Gasteiger partial charge in [0.15, 0.2) is 5.96 Å². The molecule has 1 aliphatic heterocycles. The summed E-state index contributed by atoms with van der Waals surface area (Å²) in [4.78, 5) is 19.3. The molecule has 4 rings (SSSR count). The number of para-hydroxylation sites is 1. The molecule has 0 unspecified atom stereocenters. The summed E-state index contributed by atoms with van der Waals surface area (Å²) < 4.78 is 6.02. The quantitative estimate of drug-likeness (QED) is 0.295. The van der Waals surface area contributed by atoms with Crippen molar-refractivity contribution in [1.82, 2.24) is 15.5 Å². The van der Waals surface area contributed by atoms with E-state index in [2.05, 4.69) is 38.7 Å². The third-order valence-electron chi connectivity index (χ3n) is 6.55. The Morgan fingerprint density at radius 1 is 1.12 bits per heavy atom. The van der Waals surface area contributed by atoms with E-state index >= 15 is 0 Å². The van der Waals surface area contributed by atoms with Crippen molar-refractivity contribution in [2.75, 3.05) is 38.2 Å². The van der Waals surface area contributed by atoms with Crippen molar-refractivity contribution in [3.8, 4) is 5.75 Å². The number of thioether (sulfide) groups is 1. The molecule has 3 aliphatic rings. The van der Waals surface area contributed by atoms with E-state index in [1.54, 1.807) is 0 Å². The van der Waals surface area contributed by atoms with Gasteiger partial charge in [-0.3, -0.25) is 9.79 Å². The van der Waals surface area contributed by atoms with Crippen LogP contribution >= 0.6 is 35.7 Å². The molecule has 0 bridgehead atoms. The fraction of sp³-hybridized carbons (Fsp3) is 0.667. The summed E-state index contributed by atoms with van der Waals surface area (Å²) in [5.74, 6) is 5.27. The normalized spacial score (nSPS) is 23.8. The zero-order valence-electron chi connectivity index (χ0n) is 19.1. The molecule has 1 saturated heterocycles. The third kappa shape index (κ3) is 7.43. The Kier molecular flexibility index (Phi) is 10.3. The van der Waals surface area contributed by atoms with Gasteiger partial charge >= 0.3 is 0 Å². The first-order chi connectivity index (χ1) is 15.2. The molecule has 1 amide bonds. The molecule has 2 saturated carbocycles. The second-order valence-electron chi connectivity index (χ2n) is 8.92. The number of carbonyl (C=O) groups is 1. The maximum Gasteiger partial charge on any atom is 0.225 e. The number of hydrogen-bond donors (Lipinski definition) is 2. The molecule has 0 spiro atoms. The number of rotatable bonds is 7. The van der Waals surface area contributed by atoms with Crippen molar-refractivity contribution in [3.05, 3.63) is 29.8 Å². The van der Waals surface area contributed by atoms with E-state index in [4.69, 9.17) is 4.74 Å². The molecular formula is C24H37IN4O2S. The van der Waals surface area contributed by atoms with E-state index < -0.39 is 0 Å². The minimum Gasteiger partial charge on any atom is -0.493 e. The van der Waals surface area contributed by atoms with E-state index in [-0.39, 0.29) is 29.9 Å². The monoisotopic (exact) mass is 572 g/mol. The van der Waals surface area contributed by atoms with Gasteiger partial charge < -0.3 is 20.3 Å². The van der Waals surface area contributed by atoms with Crippen molar-refractivity contribution in [2.45, 2.75) is 51.1 Å². The Bertz CT molecular complexity index is 760. The average molecular weight is 573 g/mol. The van der Waals surface area contributed by atoms with E-state index in [1.807, 2.05) is 24.9 Å². The highest BCUT2D eigenvalue weighted by Gasteiger charge is 2.30. The van der Waals surface area contributed by atoms with Crippen LogP contribution in [0.4, 0.5) is 0 Å². The molecule has 0 radical (unpaired) electrons. The average Bonchev–Trinajstić information content (AvgIpc) is 3.66. The standard InChI is InChI=1S/C24H36N4O2S.HI/c1-25-24(26-16-20-4-2-3-5-22(20)30-17-18-6-7-18)27-21-10-8-19(9-11-21)23(29)28-12-14-31-15-13-28;/h2-5,18-19,21H,6-17H2,1H3,(H2,25,26,27);1H. The van der Waals surface area contributed by atoms with Crippen LogP contribution < -0.4 is 15.4 Å². The van der Waals surface area contributed by atoms with Gasteiger partial charge in [-0.2, -0.15) is 11.8 Å². The van der Waals surface area contributed by atoms with Gasteiger partial charge in [-0.05, 0) is 50.5 Å². The van der Waals surface area contributed by atoms with Crippen LogP contribution in [0.1, 0.15) is 44.1 Å². The molecule has 1 aromatic carbocycles. The summed E-state index contributed by atoms with van der Waals surface area (Å²) >= 11 is 1.95. The van der Waals surface area contributed by atoms with Crippen LogP contribution in [0.15, 0.2) is 29.3 Å². The van der Waals surface area contributed by atoms with Crippen LogP contribution in [0.25, 0.3) is 0 Å². The van der Waals surface area contributed by atoms with Gasteiger partial charge in [0.2, 0.25) is 5.91 Å². The lowest BCUT2D eigenvalue weighted by atomic mass is 9.85. The lowest BCUT2D eigenvalue weighted by Gasteiger charge is -2.34. The fourth-order valence-corrected chi connectivity index (χ4v) is 5.28. The highest BCUT2D eigenvalue weighted by atomic mass is 127. The molecule has 1 aromatic rings. The molecule has 0 aromatic heterocycles. The van der Waals surface area contributed by atoms with E-state index in [1.165, 1.54) is 12.8 Å². The Morgan fingerprint density at radius 3 is 2.53 bits per heavy atom. The highest BCUT2D eigenvalue weighted by Crippen LogP contribution is 2.30. The Morgan fingerprint density at radius 2 is 1.84 bits per heavy atom. The number of halogens is 1. The van der Waals surface area contributed by atoms with Crippen molar-refractivity contribution in [3.63, 3.8) is 0 Å². The molecule has 178 valence electrons. The molecule has 8 heteroatoms. The van der Waals surface area contributed by atoms with E-state index in [0.717, 1.165) is 80.1 Å². The first-order valence-corrected chi connectivity index (χ1v) is 12.9. The van der Waals surface area contributed by atoms with Crippen LogP contribution in [0, 0.1) is 11.8 Å². The third-order valence-corrected chi connectivity index (χ3v) is 7.50. The van der Waals surface area contributed by atoms with Gasteiger partial charge in [-0.15, -0.1) is 24.0 Å². The number of nitrogens with zero attached hydrogens (tertiary/aromatic N) is 2. The van der Waals surface area contributed by atoms with Crippen LogP contribution in [-0.4, -0.2) is 61.1 Å². The SMILES string of the molecule is CN=C(NCc1ccccc1OCC1CC1)NC1CCC(C(=O)N2CCSCC2)CC1.I. The van der Waals surface area contributed by atoms with Gasteiger partial charge in [0.05, 0.1) is 6.61 Å². The number of carbonyl (C=O) groups excluding carboxylic acids is 1.